The summed E-state index contributed by atoms with van der Waals surface area (Å²) in [7, 11) is 0. The average Bonchev–Trinajstić information content (AvgIpc) is 3.09. The number of hydrogen-bond acceptors (Lipinski definition) is 2. The fourth-order valence-electron chi connectivity index (χ4n) is 1.81. The van der Waals surface area contributed by atoms with Gasteiger partial charge in [0.1, 0.15) is 5.41 Å². The van der Waals surface area contributed by atoms with Crippen molar-refractivity contribution >= 4 is 5.78 Å². The van der Waals surface area contributed by atoms with Crippen LogP contribution in [0.4, 0.5) is 0 Å². The molecule has 2 heteroatoms. The Morgan fingerprint density at radius 1 is 1.31 bits per heavy atom. The van der Waals surface area contributed by atoms with Crippen LogP contribution in [-0.2, 0) is 0 Å². The summed E-state index contributed by atoms with van der Waals surface area (Å²) in [5, 5.41) is 8.96. The number of nitrogens with zero attached hydrogens (tertiary/aromatic N) is 1. The lowest BCUT2D eigenvalue weighted by atomic mass is 9.94. The van der Waals surface area contributed by atoms with Gasteiger partial charge in [0.25, 0.3) is 0 Å². The van der Waals surface area contributed by atoms with Crippen LogP contribution in [0.25, 0.3) is 0 Å². The second-order valence-corrected chi connectivity index (χ2v) is 4.80. The summed E-state index contributed by atoms with van der Waals surface area (Å²) < 4.78 is 0. The van der Waals surface area contributed by atoms with Crippen LogP contribution in [0.1, 0.15) is 48.5 Å². The van der Waals surface area contributed by atoms with Gasteiger partial charge < -0.3 is 0 Å². The second-order valence-electron chi connectivity index (χ2n) is 4.80. The number of nitriles is 1. The van der Waals surface area contributed by atoms with Crippen LogP contribution in [0.2, 0.25) is 0 Å². The highest BCUT2D eigenvalue weighted by Gasteiger charge is 2.50. The van der Waals surface area contributed by atoms with Gasteiger partial charge in [-0.2, -0.15) is 5.26 Å². The van der Waals surface area contributed by atoms with E-state index < -0.39 is 5.41 Å². The Labute approximate surface area is 95.9 Å². The second kappa shape index (κ2) is 3.75. The molecule has 82 valence electrons. The summed E-state index contributed by atoms with van der Waals surface area (Å²) in [5.74, 6) is 0.459. The van der Waals surface area contributed by atoms with Crippen molar-refractivity contribution in [3.63, 3.8) is 0 Å². The predicted octanol–water partition coefficient (Wildman–Crippen LogP) is 3.30. The van der Waals surface area contributed by atoms with E-state index in [1.54, 1.807) is 0 Å². The highest BCUT2D eigenvalue weighted by Crippen LogP contribution is 2.47. The molecule has 1 aliphatic rings. The number of Topliss-reactive ketones (excluding diaryl/α,β-unsaturated/α-hetero) is 1. The smallest absolute Gasteiger partial charge is 0.183 e. The molecule has 0 bridgehead atoms. The minimum Gasteiger partial charge on any atom is -0.292 e. The lowest BCUT2D eigenvalue weighted by molar-refractivity contribution is 0.0934. The zero-order chi connectivity index (χ0) is 11.8. The first-order valence-corrected chi connectivity index (χ1v) is 5.65. The van der Waals surface area contributed by atoms with Crippen molar-refractivity contribution in [3.8, 4) is 6.07 Å². The van der Waals surface area contributed by atoms with Crippen molar-refractivity contribution < 1.29 is 4.79 Å². The molecule has 0 aromatic heterocycles. The lowest BCUT2D eigenvalue weighted by Crippen LogP contribution is -2.13. The molecule has 0 heterocycles. The largest absolute Gasteiger partial charge is 0.292 e. The third-order valence-electron chi connectivity index (χ3n) is 3.24. The van der Waals surface area contributed by atoms with E-state index in [4.69, 9.17) is 5.26 Å². The SMILES string of the molecule is CC(C)c1ccc(C(=O)C2(C#N)CC2)cc1. The summed E-state index contributed by atoms with van der Waals surface area (Å²) in [6, 6.07) is 9.78. The average molecular weight is 213 g/mol. The van der Waals surface area contributed by atoms with Crippen LogP contribution in [0.5, 0.6) is 0 Å². The highest BCUT2D eigenvalue weighted by molar-refractivity contribution is 6.04. The topological polar surface area (TPSA) is 40.9 Å². The van der Waals surface area contributed by atoms with E-state index in [1.165, 1.54) is 5.56 Å². The third-order valence-corrected chi connectivity index (χ3v) is 3.24. The maximum atomic E-state index is 12.0. The number of rotatable bonds is 3. The van der Waals surface area contributed by atoms with Gasteiger partial charge in [-0.15, -0.1) is 0 Å². The van der Waals surface area contributed by atoms with Gasteiger partial charge in [-0.25, -0.2) is 0 Å². The molecule has 0 radical (unpaired) electrons. The zero-order valence-electron chi connectivity index (χ0n) is 9.66. The molecule has 16 heavy (non-hydrogen) atoms. The molecule has 1 aliphatic carbocycles. The van der Waals surface area contributed by atoms with E-state index in [9.17, 15) is 4.79 Å². The van der Waals surface area contributed by atoms with E-state index in [2.05, 4.69) is 19.9 Å². The van der Waals surface area contributed by atoms with Crippen LogP contribution in [-0.4, -0.2) is 5.78 Å². The Kier molecular flexibility index (Phi) is 2.55. The summed E-state index contributed by atoms with van der Waals surface area (Å²) in [5.41, 5.74) is 1.20. The first-order valence-electron chi connectivity index (χ1n) is 5.65. The lowest BCUT2D eigenvalue weighted by Gasteiger charge is -2.08. The number of carbonyl (C=O) groups excluding carboxylic acids is 1. The first kappa shape index (κ1) is 10.9. The molecule has 0 N–H and O–H groups in total. The minimum atomic E-state index is -0.695. The van der Waals surface area contributed by atoms with Gasteiger partial charge in [0.2, 0.25) is 0 Å². The summed E-state index contributed by atoms with van der Waals surface area (Å²) in [6.07, 6.45) is 1.43. The molecule has 1 saturated carbocycles. The third kappa shape index (κ3) is 1.74. The highest BCUT2D eigenvalue weighted by atomic mass is 16.1. The van der Waals surface area contributed by atoms with Crippen LogP contribution < -0.4 is 0 Å². The summed E-state index contributed by atoms with van der Waals surface area (Å²) in [6.45, 7) is 4.24. The molecule has 0 amide bonds. The van der Waals surface area contributed by atoms with E-state index in [0.717, 1.165) is 0 Å². The van der Waals surface area contributed by atoms with Gasteiger partial charge in [0.05, 0.1) is 6.07 Å². The van der Waals surface area contributed by atoms with Gasteiger partial charge in [0.15, 0.2) is 5.78 Å². The predicted molar refractivity (Wildman–Crippen MR) is 62.1 cm³/mol. The number of ketones is 1. The van der Waals surface area contributed by atoms with Gasteiger partial charge in [-0.3, -0.25) is 4.79 Å². The van der Waals surface area contributed by atoms with Gasteiger partial charge in [-0.05, 0) is 24.3 Å². The molecule has 0 unspecified atom stereocenters. The van der Waals surface area contributed by atoms with Crippen molar-refractivity contribution in [1.82, 2.24) is 0 Å². The van der Waals surface area contributed by atoms with Crippen LogP contribution in [0.15, 0.2) is 24.3 Å². The Bertz CT molecular complexity index is 447. The molecule has 2 rings (SSSR count). The summed E-state index contributed by atoms with van der Waals surface area (Å²) >= 11 is 0. The number of hydrogen-bond donors (Lipinski definition) is 0. The normalized spacial score (nSPS) is 16.9. The van der Waals surface area contributed by atoms with E-state index in [0.29, 0.717) is 24.3 Å². The fourth-order valence-corrected chi connectivity index (χ4v) is 1.81. The van der Waals surface area contributed by atoms with Gasteiger partial charge in [0, 0.05) is 5.56 Å². The van der Waals surface area contributed by atoms with Crippen molar-refractivity contribution in [3.05, 3.63) is 35.4 Å². The standard InChI is InChI=1S/C14H15NO/c1-10(2)11-3-5-12(6-4-11)13(16)14(9-15)7-8-14/h3-6,10H,7-8H2,1-2H3. The van der Waals surface area contributed by atoms with Crippen molar-refractivity contribution in [1.29, 1.82) is 5.26 Å². The van der Waals surface area contributed by atoms with Crippen molar-refractivity contribution in [2.75, 3.05) is 0 Å². The minimum absolute atomic E-state index is 0.00898. The molecule has 0 spiro atoms. The van der Waals surface area contributed by atoms with Crippen molar-refractivity contribution in [2.24, 2.45) is 5.41 Å². The van der Waals surface area contributed by atoms with Crippen LogP contribution in [0.3, 0.4) is 0 Å². The molecule has 1 fully saturated rings. The van der Waals surface area contributed by atoms with Crippen LogP contribution in [0, 0.1) is 16.7 Å². The van der Waals surface area contributed by atoms with Crippen molar-refractivity contribution in [2.45, 2.75) is 32.6 Å². The number of benzene rings is 1. The number of carbonyl (C=O) groups is 1. The Morgan fingerprint density at radius 2 is 1.88 bits per heavy atom. The monoisotopic (exact) mass is 213 g/mol. The Balaban J connectivity index is 2.23. The molecule has 1 aromatic carbocycles. The van der Waals surface area contributed by atoms with E-state index in [1.807, 2.05) is 24.3 Å². The Hall–Kier alpha value is -1.62. The quantitative estimate of drug-likeness (QED) is 0.723. The van der Waals surface area contributed by atoms with Gasteiger partial charge in [-0.1, -0.05) is 38.1 Å². The molecule has 0 saturated heterocycles. The molecule has 0 aliphatic heterocycles. The van der Waals surface area contributed by atoms with E-state index in [-0.39, 0.29) is 5.78 Å². The zero-order valence-corrected chi connectivity index (χ0v) is 9.66. The molecular weight excluding hydrogens is 198 g/mol. The molecule has 1 aromatic rings. The van der Waals surface area contributed by atoms with Crippen LogP contribution >= 0.6 is 0 Å². The van der Waals surface area contributed by atoms with E-state index >= 15 is 0 Å². The van der Waals surface area contributed by atoms with Gasteiger partial charge >= 0.3 is 0 Å². The maximum Gasteiger partial charge on any atom is 0.183 e. The molecule has 2 nitrogen and oxygen atoms in total. The molecule has 0 atom stereocenters. The Morgan fingerprint density at radius 3 is 2.25 bits per heavy atom. The molecular formula is C14H15NO. The fraction of sp³-hybridized carbons (Fsp3) is 0.429. The maximum absolute atomic E-state index is 12.0. The summed E-state index contributed by atoms with van der Waals surface area (Å²) in [4.78, 5) is 12.0. The first-order chi connectivity index (χ1) is 7.59.